The van der Waals surface area contributed by atoms with Crippen LogP contribution in [0.1, 0.15) is 47.0 Å². The van der Waals surface area contributed by atoms with Gasteiger partial charge in [-0.3, -0.25) is 0 Å². The Hall–Kier alpha value is -0.990. The third-order valence-corrected chi connectivity index (χ3v) is 3.71. The highest BCUT2D eigenvalue weighted by Gasteiger charge is 2.38. The van der Waals surface area contributed by atoms with Gasteiger partial charge in [0.05, 0.1) is 0 Å². The van der Waals surface area contributed by atoms with Crippen LogP contribution in [0.3, 0.4) is 0 Å². The number of aromatic nitrogens is 2. The zero-order chi connectivity index (χ0) is 12.7. The summed E-state index contributed by atoms with van der Waals surface area (Å²) in [5.74, 6) is 0.989. The number of imidazole rings is 1. The van der Waals surface area contributed by atoms with E-state index in [1.165, 1.54) is 19.3 Å². The fourth-order valence-corrected chi connectivity index (χ4v) is 3.64. The first-order chi connectivity index (χ1) is 7.77. The molecule has 1 saturated carbocycles. The zero-order valence-electron chi connectivity index (χ0n) is 11.7. The molecule has 1 N–H and O–H groups in total. The van der Waals surface area contributed by atoms with Gasteiger partial charge in [0.1, 0.15) is 0 Å². The lowest BCUT2D eigenvalue weighted by Crippen LogP contribution is -2.40. The Balaban J connectivity index is 2.09. The first-order valence-corrected chi connectivity index (χ1v) is 6.51. The molecule has 1 heterocycles. The number of hydrogen-bond acceptors (Lipinski definition) is 2. The van der Waals surface area contributed by atoms with Crippen molar-refractivity contribution < 1.29 is 0 Å². The summed E-state index contributed by atoms with van der Waals surface area (Å²) in [5, 5.41) is 3.59. The number of rotatable bonds is 2. The van der Waals surface area contributed by atoms with Gasteiger partial charge in [0.15, 0.2) is 0 Å². The van der Waals surface area contributed by atoms with Crippen molar-refractivity contribution in [1.29, 1.82) is 0 Å². The standard InChI is InChI=1S/C14H25N3/c1-13(2)8-11(9-14(3,4)10-13)16-12-15-6-7-17(12)5/h6-7,11H,8-10H2,1-5H3,(H,15,16). The summed E-state index contributed by atoms with van der Waals surface area (Å²) >= 11 is 0. The van der Waals surface area contributed by atoms with Gasteiger partial charge in [-0.15, -0.1) is 0 Å². The van der Waals surface area contributed by atoms with Gasteiger partial charge in [-0.05, 0) is 30.1 Å². The fraction of sp³-hybridized carbons (Fsp3) is 0.786. The van der Waals surface area contributed by atoms with E-state index in [2.05, 4.69) is 42.6 Å². The van der Waals surface area contributed by atoms with Crippen LogP contribution in [0.15, 0.2) is 12.4 Å². The summed E-state index contributed by atoms with van der Waals surface area (Å²) in [6.07, 6.45) is 7.59. The summed E-state index contributed by atoms with van der Waals surface area (Å²) in [7, 11) is 2.04. The normalized spacial score (nSPS) is 23.6. The molecule has 1 aromatic rings. The Kier molecular flexibility index (Phi) is 2.96. The van der Waals surface area contributed by atoms with Crippen molar-refractivity contribution in [3.05, 3.63) is 12.4 Å². The number of hydrogen-bond donors (Lipinski definition) is 1. The van der Waals surface area contributed by atoms with Gasteiger partial charge in [0.2, 0.25) is 5.95 Å². The van der Waals surface area contributed by atoms with Gasteiger partial charge >= 0.3 is 0 Å². The second-order valence-electron chi connectivity index (χ2n) is 7.12. The molecule has 0 radical (unpaired) electrons. The minimum absolute atomic E-state index is 0.421. The summed E-state index contributed by atoms with van der Waals surface area (Å²) < 4.78 is 2.05. The molecule has 96 valence electrons. The summed E-state index contributed by atoms with van der Waals surface area (Å²) in [6.45, 7) is 9.50. The third-order valence-electron chi connectivity index (χ3n) is 3.71. The van der Waals surface area contributed by atoms with Crippen LogP contribution in [0.5, 0.6) is 0 Å². The molecule has 1 aliphatic rings. The van der Waals surface area contributed by atoms with E-state index in [1.54, 1.807) is 0 Å². The second kappa shape index (κ2) is 4.04. The number of aryl methyl sites for hydroxylation is 1. The van der Waals surface area contributed by atoms with Gasteiger partial charge < -0.3 is 9.88 Å². The average Bonchev–Trinajstić information content (AvgIpc) is 2.45. The second-order valence-corrected chi connectivity index (χ2v) is 7.12. The van der Waals surface area contributed by atoms with Gasteiger partial charge in [-0.2, -0.15) is 0 Å². The highest BCUT2D eigenvalue weighted by molar-refractivity contribution is 5.27. The van der Waals surface area contributed by atoms with Gasteiger partial charge in [-0.25, -0.2) is 4.98 Å². The third kappa shape index (κ3) is 3.02. The van der Waals surface area contributed by atoms with Crippen molar-refractivity contribution in [2.75, 3.05) is 5.32 Å². The minimum atomic E-state index is 0.421. The molecule has 0 spiro atoms. The highest BCUT2D eigenvalue weighted by Crippen LogP contribution is 2.46. The molecular formula is C14H25N3. The molecule has 0 saturated heterocycles. The first kappa shape index (κ1) is 12.5. The topological polar surface area (TPSA) is 29.9 Å². The van der Waals surface area contributed by atoms with Crippen LogP contribution in [0.25, 0.3) is 0 Å². The molecule has 1 aromatic heterocycles. The maximum absolute atomic E-state index is 4.36. The fourth-order valence-electron chi connectivity index (χ4n) is 3.64. The molecule has 1 aliphatic carbocycles. The van der Waals surface area contributed by atoms with Gasteiger partial charge in [0.25, 0.3) is 0 Å². The molecule has 2 rings (SSSR count). The number of nitrogens with zero attached hydrogens (tertiary/aromatic N) is 2. The first-order valence-electron chi connectivity index (χ1n) is 6.51. The van der Waals surface area contributed by atoms with Crippen LogP contribution in [-0.4, -0.2) is 15.6 Å². The largest absolute Gasteiger partial charge is 0.353 e. The summed E-state index contributed by atoms with van der Waals surface area (Å²) in [4.78, 5) is 4.36. The molecule has 0 unspecified atom stereocenters. The van der Waals surface area contributed by atoms with Crippen molar-refractivity contribution in [3.8, 4) is 0 Å². The molecule has 0 aliphatic heterocycles. The maximum atomic E-state index is 4.36. The summed E-state index contributed by atoms with van der Waals surface area (Å²) in [6, 6.07) is 0.537. The minimum Gasteiger partial charge on any atom is -0.353 e. The van der Waals surface area contributed by atoms with E-state index in [1.807, 2.05) is 19.4 Å². The van der Waals surface area contributed by atoms with E-state index in [0.717, 1.165) is 5.95 Å². The van der Waals surface area contributed by atoms with E-state index in [4.69, 9.17) is 0 Å². The lowest BCUT2D eigenvalue weighted by Gasteiger charge is -2.45. The van der Waals surface area contributed by atoms with Gasteiger partial charge in [-0.1, -0.05) is 27.7 Å². The Morgan fingerprint density at radius 2 is 1.82 bits per heavy atom. The maximum Gasteiger partial charge on any atom is 0.202 e. The predicted molar refractivity (Wildman–Crippen MR) is 72.0 cm³/mol. The molecular weight excluding hydrogens is 210 g/mol. The van der Waals surface area contributed by atoms with Crippen LogP contribution >= 0.6 is 0 Å². The lowest BCUT2D eigenvalue weighted by atomic mass is 9.63. The summed E-state index contributed by atoms with van der Waals surface area (Å²) in [5.41, 5.74) is 0.842. The van der Waals surface area contributed by atoms with Crippen LogP contribution in [0, 0.1) is 10.8 Å². The monoisotopic (exact) mass is 235 g/mol. The Morgan fingerprint density at radius 3 is 2.29 bits per heavy atom. The van der Waals surface area contributed by atoms with Gasteiger partial charge in [0, 0.05) is 25.5 Å². The van der Waals surface area contributed by atoms with Crippen LogP contribution in [0.2, 0.25) is 0 Å². The highest BCUT2D eigenvalue weighted by atomic mass is 15.2. The van der Waals surface area contributed by atoms with Crippen molar-refractivity contribution in [3.63, 3.8) is 0 Å². The number of anilines is 1. The lowest BCUT2D eigenvalue weighted by molar-refractivity contribution is 0.105. The molecule has 0 aromatic carbocycles. The van der Waals surface area contributed by atoms with Crippen molar-refractivity contribution in [2.45, 2.75) is 53.0 Å². The average molecular weight is 235 g/mol. The van der Waals surface area contributed by atoms with Crippen molar-refractivity contribution >= 4 is 5.95 Å². The zero-order valence-corrected chi connectivity index (χ0v) is 11.7. The van der Waals surface area contributed by atoms with E-state index in [-0.39, 0.29) is 0 Å². The van der Waals surface area contributed by atoms with E-state index < -0.39 is 0 Å². The Bertz CT molecular complexity index is 374. The van der Waals surface area contributed by atoms with E-state index in [9.17, 15) is 0 Å². The van der Waals surface area contributed by atoms with Crippen LogP contribution in [-0.2, 0) is 7.05 Å². The molecule has 0 amide bonds. The smallest absolute Gasteiger partial charge is 0.202 e. The Morgan fingerprint density at radius 1 is 1.24 bits per heavy atom. The van der Waals surface area contributed by atoms with Crippen molar-refractivity contribution in [2.24, 2.45) is 17.9 Å². The molecule has 3 nitrogen and oxygen atoms in total. The van der Waals surface area contributed by atoms with Crippen molar-refractivity contribution in [1.82, 2.24) is 9.55 Å². The SMILES string of the molecule is Cn1ccnc1NC1CC(C)(C)CC(C)(C)C1. The quantitative estimate of drug-likeness (QED) is 0.851. The predicted octanol–water partition coefficient (Wildman–Crippen LogP) is 3.44. The van der Waals surface area contributed by atoms with E-state index in [0.29, 0.717) is 16.9 Å². The van der Waals surface area contributed by atoms with E-state index >= 15 is 0 Å². The molecule has 17 heavy (non-hydrogen) atoms. The Labute approximate surface area is 105 Å². The van der Waals surface area contributed by atoms with Crippen LogP contribution in [0.4, 0.5) is 5.95 Å². The molecule has 1 fully saturated rings. The molecule has 3 heteroatoms. The van der Waals surface area contributed by atoms with Crippen LogP contribution < -0.4 is 5.32 Å². The molecule has 0 atom stereocenters. The molecule has 0 bridgehead atoms. The number of nitrogens with one attached hydrogen (secondary N) is 1.